The molecule has 0 saturated heterocycles. The highest BCUT2D eigenvalue weighted by Gasteiger charge is 2.38. The maximum absolute atomic E-state index is 10.6. The highest BCUT2D eigenvalue weighted by Crippen LogP contribution is 2.19. The zero-order valence-electron chi connectivity index (χ0n) is 10.5. The van der Waals surface area contributed by atoms with Gasteiger partial charge in [-0.15, -0.1) is 0 Å². The van der Waals surface area contributed by atoms with E-state index in [9.17, 15) is 13.2 Å². The summed E-state index contributed by atoms with van der Waals surface area (Å²) in [7, 11) is 1.68. The summed E-state index contributed by atoms with van der Waals surface area (Å²) in [5.41, 5.74) is 6.06. The number of carbonyl (C=O) groups is 1. The molecule has 0 bridgehead atoms. The predicted molar refractivity (Wildman–Crippen MR) is 57.6 cm³/mol. The van der Waals surface area contributed by atoms with Gasteiger partial charge in [0, 0.05) is 13.2 Å². The molecule has 104 valence electrons. The van der Waals surface area contributed by atoms with Crippen molar-refractivity contribution in [2.75, 3.05) is 13.7 Å². The first kappa shape index (κ1) is 18.5. The molecule has 0 heterocycles. The van der Waals surface area contributed by atoms with E-state index in [4.69, 9.17) is 20.4 Å². The Labute approximate surface area is 98.9 Å². The van der Waals surface area contributed by atoms with E-state index in [2.05, 4.69) is 20.8 Å². The Morgan fingerprint density at radius 2 is 1.71 bits per heavy atom. The lowest BCUT2D eigenvalue weighted by Crippen LogP contribution is -2.30. The Bertz CT molecular complexity index is 224. The van der Waals surface area contributed by atoms with Gasteiger partial charge >= 0.3 is 12.1 Å². The van der Waals surface area contributed by atoms with E-state index in [1.54, 1.807) is 7.11 Å². The zero-order chi connectivity index (χ0) is 14.3. The number of carboxylic acids is 1. The fraction of sp³-hybridized carbons (Fsp3) is 0.900. The number of carboxylic acid groups (broad SMARTS) is 1. The van der Waals surface area contributed by atoms with E-state index >= 15 is 0 Å². The first-order valence-electron chi connectivity index (χ1n) is 4.94. The minimum Gasteiger partial charge on any atom is -0.475 e. The molecule has 1 atom stereocenters. The van der Waals surface area contributed by atoms with Gasteiger partial charge in [-0.2, -0.15) is 13.2 Å². The van der Waals surface area contributed by atoms with Gasteiger partial charge in [0.05, 0.1) is 6.61 Å². The van der Waals surface area contributed by atoms with E-state index in [0.717, 1.165) is 6.42 Å². The van der Waals surface area contributed by atoms with E-state index in [-0.39, 0.29) is 6.04 Å². The summed E-state index contributed by atoms with van der Waals surface area (Å²) in [6.45, 7) is 7.21. The fourth-order valence-corrected chi connectivity index (χ4v) is 1.06. The third kappa shape index (κ3) is 15.2. The summed E-state index contributed by atoms with van der Waals surface area (Å²) in [5, 5.41) is 7.12. The normalized spacial score (nSPS) is 13.6. The van der Waals surface area contributed by atoms with Gasteiger partial charge in [-0.05, 0) is 11.8 Å². The molecule has 17 heavy (non-hydrogen) atoms. The molecular weight excluding hydrogens is 239 g/mol. The molecule has 3 N–H and O–H groups in total. The molecule has 1 unspecified atom stereocenters. The number of halogens is 3. The summed E-state index contributed by atoms with van der Waals surface area (Å²) in [4.78, 5) is 8.90. The lowest BCUT2D eigenvalue weighted by molar-refractivity contribution is -0.192. The first-order chi connectivity index (χ1) is 7.40. The highest BCUT2D eigenvalue weighted by atomic mass is 19.4. The van der Waals surface area contributed by atoms with E-state index in [1.807, 2.05) is 0 Å². The van der Waals surface area contributed by atoms with Gasteiger partial charge in [0.15, 0.2) is 0 Å². The number of methoxy groups -OCH3 is 1. The average Bonchev–Trinajstić information content (AvgIpc) is 1.99. The second kappa shape index (κ2) is 7.50. The van der Waals surface area contributed by atoms with Gasteiger partial charge in [-0.1, -0.05) is 20.8 Å². The maximum atomic E-state index is 10.6. The second-order valence-corrected chi connectivity index (χ2v) is 4.78. The summed E-state index contributed by atoms with van der Waals surface area (Å²) in [6.07, 6.45) is -4.07. The highest BCUT2D eigenvalue weighted by molar-refractivity contribution is 5.73. The Morgan fingerprint density at radius 1 is 1.35 bits per heavy atom. The Morgan fingerprint density at radius 3 is 1.88 bits per heavy atom. The summed E-state index contributed by atoms with van der Waals surface area (Å²) < 4.78 is 36.7. The number of nitrogens with two attached hydrogens (primary N) is 1. The molecule has 0 aromatic carbocycles. The van der Waals surface area contributed by atoms with Crippen LogP contribution in [0.2, 0.25) is 0 Å². The quantitative estimate of drug-likeness (QED) is 0.813. The summed E-state index contributed by atoms with van der Waals surface area (Å²) in [6, 6.07) is 0.185. The molecule has 0 aromatic rings. The number of rotatable bonds is 3. The molecule has 0 radical (unpaired) electrons. The minimum atomic E-state index is -5.08. The second-order valence-electron chi connectivity index (χ2n) is 4.78. The van der Waals surface area contributed by atoms with Crippen LogP contribution in [-0.4, -0.2) is 37.0 Å². The molecule has 0 aliphatic carbocycles. The van der Waals surface area contributed by atoms with E-state index < -0.39 is 12.1 Å². The van der Waals surface area contributed by atoms with Gasteiger partial charge in [-0.3, -0.25) is 0 Å². The van der Waals surface area contributed by atoms with Crippen LogP contribution in [0, 0.1) is 5.41 Å². The summed E-state index contributed by atoms with van der Waals surface area (Å²) in [5.74, 6) is -2.76. The molecule has 0 spiro atoms. The SMILES string of the molecule is COCC(N)CC(C)(C)C.O=C(O)C(F)(F)F. The number of aliphatic carboxylic acids is 1. The molecule has 0 rings (SSSR count). The van der Waals surface area contributed by atoms with Crippen LogP contribution in [0.4, 0.5) is 13.2 Å². The Hall–Kier alpha value is -0.820. The molecule has 0 fully saturated rings. The molecule has 0 saturated carbocycles. The zero-order valence-corrected chi connectivity index (χ0v) is 10.5. The third-order valence-electron chi connectivity index (χ3n) is 1.50. The lowest BCUT2D eigenvalue weighted by Gasteiger charge is -2.22. The van der Waals surface area contributed by atoms with Crippen LogP contribution in [0.15, 0.2) is 0 Å². The van der Waals surface area contributed by atoms with Crippen molar-refractivity contribution in [1.82, 2.24) is 0 Å². The van der Waals surface area contributed by atoms with Crippen molar-refractivity contribution >= 4 is 5.97 Å². The molecule has 7 heteroatoms. The molecular formula is C10H20F3NO3. The van der Waals surface area contributed by atoms with Crippen LogP contribution in [0.25, 0.3) is 0 Å². The third-order valence-corrected chi connectivity index (χ3v) is 1.50. The Kier molecular flexibility index (Phi) is 8.18. The van der Waals surface area contributed by atoms with Crippen LogP contribution in [0.3, 0.4) is 0 Å². The summed E-state index contributed by atoms with van der Waals surface area (Å²) >= 11 is 0. The van der Waals surface area contributed by atoms with Crippen molar-refractivity contribution < 1.29 is 27.8 Å². The number of ether oxygens (including phenoxy) is 1. The van der Waals surface area contributed by atoms with Crippen molar-refractivity contribution in [3.05, 3.63) is 0 Å². The van der Waals surface area contributed by atoms with Gasteiger partial charge in [0.25, 0.3) is 0 Å². The number of hydrogen-bond donors (Lipinski definition) is 2. The van der Waals surface area contributed by atoms with Crippen molar-refractivity contribution in [2.45, 2.75) is 39.4 Å². The van der Waals surface area contributed by atoms with Crippen molar-refractivity contribution in [3.63, 3.8) is 0 Å². The molecule has 0 aromatic heterocycles. The van der Waals surface area contributed by atoms with Crippen molar-refractivity contribution in [2.24, 2.45) is 11.1 Å². The van der Waals surface area contributed by atoms with E-state index in [0.29, 0.717) is 12.0 Å². The number of alkyl halides is 3. The van der Waals surface area contributed by atoms with Crippen LogP contribution in [0.5, 0.6) is 0 Å². The topological polar surface area (TPSA) is 72.5 Å². The monoisotopic (exact) mass is 259 g/mol. The average molecular weight is 259 g/mol. The molecule has 0 amide bonds. The van der Waals surface area contributed by atoms with Gasteiger partial charge in [-0.25, -0.2) is 4.79 Å². The predicted octanol–water partition coefficient (Wildman–Crippen LogP) is 2.03. The molecule has 0 aliphatic rings. The van der Waals surface area contributed by atoms with Gasteiger partial charge in [0.2, 0.25) is 0 Å². The van der Waals surface area contributed by atoms with Gasteiger partial charge in [0.1, 0.15) is 0 Å². The van der Waals surface area contributed by atoms with Crippen LogP contribution < -0.4 is 5.73 Å². The van der Waals surface area contributed by atoms with Crippen molar-refractivity contribution in [3.8, 4) is 0 Å². The maximum Gasteiger partial charge on any atom is 0.490 e. The molecule has 4 nitrogen and oxygen atoms in total. The Balaban J connectivity index is 0. The number of hydrogen-bond acceptors (Lipinski definition) is 3. The smallest absolute Gasteiger partial charge is 0.475 e. The van der Waals surface area contributed by atoms with E-state index in [1.165, 1.54) is 0 Å². The largest absolute Gasteiger partial charge is 0.490 e. The van der Waals surface area contributed by atoms with Crippen LogP contribution >= 0.6 is 0 Å². The standard InChI is InChI=1S/C8H19NO.C2HF3O2/c1-8(2,3)5-7(9)6-10-4;3-2(4,5)1(6)7/h7H,5-6,9H2,1-4H3;(H,6,7). The molecule has 0 aliphatic heterocycles. The first-order valence-corrected chi connectivity index (χ1v) is 4.94. The minimum absolute atomic E-state index is 0.185. The van der Waals surface area contributed by atoms with Crippen LogP contribution in [-0.2, 0) is 9.53 Å². The lowest BCUT2D eigenvalue weighted by atomic mass is 9.89. The fourth-order valence-electron chi connectivity index (χ4n) is 1.06. The van der Waals surface area contributed by atoms with Crippen molar-refractivity contribution in [1.29, 1.82) is 0 Å². The van der Waals surface area contributed by atoms with Gasteiger partial charge < -0.3 is 15.6 Å². The van der Waals surface area contributed by atoms with Crippen LogP contribution in [0.1, 0.15) is 27.2 Å².